The van der Waals surface area contributed by atoms with Gasteiger partial charge >= 0.3 is 0 Å². The number of unbranched alkanes of at least 4 members (excludes halogenated alkanes) is 3. The number of para-hydroxylation sites is 1. The van der Waals surface area contributed by atoms with Gasteiger partial charge in [0.1, 0.15) is 11.4 Å². The quantitative estimate of drug-likeness (QED) is 0.458. The van der Waals surface area contributed by atoms with E-state index in [2.05, 4.69) is 18.8 Å². The molecule has 1 heterocycles. The van der Waals surface area contributed by atoms with E-state index in [9.17, 15) is 4.79 Å². The van der Waals surface area contributed by atoms with Crippen LogP contribution in [-0.4, -0.2) is 24.0 Å². The van der Waals surface area contributed by atoms with E-state index in [-0.39, 0.29) is 5.91 Å². The second-order valence-corrected chi connectivity index (χ2v) is 7.38. The summed E-state index contributed by atoms with van der Waals surface area (Å²) in [5.41, 5.74) is 1.90. The molecule has 4 nitrogen and oxygen atoms in total. The first-order valence-electron chi connectivity index (χ1n) is 10.1. The van der Waals surface area contributed by atoms with Gasteiger partial charge in [-0.25, -0.2) is 0 Å². The summed E-state index contributed by atoms with van der Waals surface area (Å²) in [4.78, 5) is 14.9. The highest BCUT2D eigenvalue weighted by atomic mass is 16.5. The van der Waals surface area contributed by atoms with Gasteiger partial charge in [0.05, 0.1) is 12.2 Å². The molecule has 0 aliphatic carbocycles. The lowest BCUT2D eigenvalue weighted by atomic mass is 9.93. The highest BCUT2D eigenvalue weighted by molar-refractivity contribution is 6.02. The Morgan fingerprint density at radius 3 is 2.57 bits per heavy atom. The zero-order valence-electron chi connectivity index (χ0n) is 16.9. The number of hydrogen-bond donors (Lipinski definition) is 1. The van der Waals surface area contributed by atoms with Crippen molar-refractivity contribution in [2.24, 2.45) is 0 Å². The van der Waals surface area contributed by atoms with Crippen LogP contribution >= 0.6 is 0 Å². The number of hydrogen-bond acceptors (Lipinski definition) is 3. The van der Waals surface area contributed by atoms with E-state index in [1.807, 2.05) is 60.4 Å². The van der Waals surface area contributed by atoms with Crippen LogP contribution in [0.1, 0.15) is 55.5 Å². The molecule has 0 saturated heterocycles. The maximum absolute atomic E-state index is 13.1. The predicted octanol–water partition coefficient (Wildman–Crippen LogP) is 5.57. The number of nitrogens with zero attached hydrogens (tertiary/aromatic N) is 1. The van der Waals surface area contributed by atoms with Gasteiger partial charge in [-0.05, 0) is 43.2 Å². The average molecular weight is 379 g/mol. The molecular formula is C24H30N2O2. The fourth-order valence-corrected chi connectivity index (χ4v) is 3.67. The van der Waals surface area contributed by atoms with Gasteiger partial charge in [-0.2, -0.15) is 0 Å². The molecule has 0 aromatic heterocycles. The SMILES string of the molecule is C=CCN1C(=O)c2ccccc2NC1(C)c1ccc(OCCCCCC)cc1. The van der Waals surface area contributed by atoms with E-state index < -0.39 is 5.66 Å². The summed E-state index contributed by atoms with van der Waals surface area (Å²) in [5, 5.41) is 3.56. The Balaban J connectivity index is 1.80. The van der Waals surface area contributed by atoms with Gasteiger partial charge in [-0.3, -0.25) is 4.79 Å². The van der Waals surface area contributed by atoms with Crippen molar-refractivity contribution in [3.63, 3.8) is 0 Å². The molecule has 1 N–H and O–H groups in total. The topological polar surface area (TPSA) is 41.6 Å². The average Bonchev–Trinajstić information content (AvgIpc) is 2.71. The number of nitrogens with one attached hydrogen (secondary N) is 1. The Hall–Kier alpha value is -2.75. The number of carbonyl (C=O) groups excluding carboxylic acids is 1. The summed E-state index contributed by atoms with van der Waals surface area (Å²) in [6, 6.07) is 15.7. The molecule has 1 unspecified atom stereocenters. The van der Waals surface area contributed by atoms with Crippen LogP contribution in [-0.2, 0) is 5.66 Å². The first-order chi connectivity index (χ1) is 13.6. The Bertz CT molecular complexity index is 816. The molecule has 28 heavy (non-hydrogen) atoms. The Morgan fingerprint density at radius 1 is 1.11 bits per heavy atom. The molecule has 148 valence electrons. The summed E-state index contributed by atoms with van der Waals surface area (Å²) >= 11 is 0. The first kappa shape index (κ1) is 20.0. The molecule has 4 heteroatoms. The summed E-state index contributed by atoms with van der Waals surface area (Å²) in [6.07, 6.45) is 6.52. The molecule has 0 radical (unpaired) electrons. The van der Waals surface area contributed by atoms with Crippen molar-refractivity contribution < 1.29 is 9.53 Å². The smallest absolute Gasteiger partial charge is 0.258 e. The molecule has 0 bridgehead atoms. The maximum atomic E-state index is 13.1. The van der Waals surface area contributed by atoms with Crippen molar-refractivity contribution in [1.29, 1.82) is 0 Å². The highest BCUT2D eigenvalue weighted by Gasteiger charge is 2.41. The summed E-state index contributed by atoms with van der Waals surface area (Å²) in [5.74, 6) is 0.870. The van der Waals surface area contributed by atoms with Crippen molar-refractivity contribution in [3.05, 3.63) is 72.3 Å². The van der Waals surface area contributed by atoms with Crippen LogP contribution in [0.3, 0.4) is 0 Å². The number of anilines is 1. The maximum Gasteiger partial charge on any atom is 0.258 e. The normalized spacial score (nSPS) is 18.4. The van der Waals surface area contributed by atoms with Crippen molar-refractivity contribution in [3.8, 4) is 5.75 Å². The molecular weight excluding hydrogens is 348 g/mol. The number of carbonyl (C=O) groups is 1. The van der Waals surface area contributed by atoms with Crippen molar-refractivity contribution in [1.82, 2.24) is 4.90 Å². The van der Waals surface area contributed by atoms with E-state index in [1.165, 1.54) is 19.3 Å². The molecule has 0 spiro atoms. The second kappa shape index (κ2) is 8.96. The molecule has 1 aliphatic heterocycles. The Labute approximate surface area is 168 Å². The lowest BCUT2D eigenvalue weighted by Crippen LogP contribution is -2.55. The van der Waals surface area contributed by atoms with E-state index in [1.54, 1.807) is 6.08 Å². The summed E-state index contributed by atoms with van der Waals surface area (Å²) in [7, 11) is 0. The highest BCUT2D eigenvalue weighted by Crippen LogP contribution is 2.38. The lowest BCUT2D eigenvalue weighted by molar-refractivity contribution is 0.0572. The molecule has 2 aromatic rings. The fourth-order valence-electron chi connectivity index (χ4n) is 3.67. The van der Waals surface area contributed by atoms with E-state index >= 15 is 0 Å². The molecule has 0 saturated carbocycles. The van der Waals surface area contributed by atoms with Crippen LogP contribution in [0.5, 0.6) is 5.75 Å². The molecule has 2 aromatic carbocycles. The van der Waals surface area contributed by atoms with Gasteiger partial charge < -0.3 is 15.0 Å². The molecule has 1 aliphatic rings. The van der Waals surface area contributed by atoms with Gasteiger partial charge in [0.15, 0.2) is 0 Å². The zero-order chi connectivity index (χ0) is 20.0. The van der Waals surface area contributed by atoms with E-state index in [4.69, 9.17) is 4.74 Å². The van der Waals surface area contributed by atoms with Crippen molar-refractivity contribution >= 4 is 11.6 Å². The predicted molar refractivity (Wildman–Crippen MR) is 115 cm³/mol. The number of amides is 1. The van der Waals surface area contributed by atoms with Gasteiger partial charge in [0.25, 0.3) is 5.91 Å². The first-order valence-corrected chi connectivity index (χ1v) is 10.1. The van der Waals surface area contributed by atoms with Crippen molar-refractivity contribution in [2.45, 2.75) is 45.2 Å². The summed E-state index contributed by atoms with van der Waals surface area (Å²) < 4.78 is 5.86. The molecule has 3 rings (SSSR count). The van der Waals surface area contributed by atoms with Crippen molar-refractivity contribution in [2.75, 3.05) is 18.5 Å². The standard InChI is InChI=1S/C24H30N2O2/c1-4-6-7-10-18-28-20-15-13-19(14-16-20)24(3)25-22-12-9-8-11-21(22)23(27)26(24)17-5-2/h5,8-9,11-16,25H,2,4,6-7,10,17-18H2,1,3H3. The van der Waals surface area contributed by atoms with Crippen LogP contribution in [0.15, 0.2) is 61.2 Å². The van der Waals surface area contributed by atoms with Crippen LogP contribution in [0.4, 0.5) is 5.69 Å². The third kappa shape index (κ3) is 4.06. The monoisotopic (exact) mass is 378 g/mol. The fraction of sp³-hybridized carbons (Fsp3) is 0.375. The van der Waals surface area contributed by atoms with Gasteiger partial charge in [-0.15, -0.1) is 6.58 Å². The molecule has 0 fully saturated rings. The molecule has 1 amide bonds. The minimum Gasteiger partial charge on any atom is -0.494 e. The lowest BCUT2D eigenvalue weighted by Gasteiger charge is -2.46. The van der Waals surface area contributed by atoms with Crippen LogP contribution < -0.4 is 10.1 Å². The molecule has 1 atom stereocenters. The van der Waals surface area contributed by atoms with Gasteiger partial charge in [-0.1, -0.05) is 56.5 Å². The third-order valence-electron chi connectivity index (χ3n) is 5.32. The van der Waals surface area contributed by atoms with Gasteiger partial charge in [0, 0.05) is 12.2 Å². The second-order valence-electron chi connectivity index (χ2n) is 7.38. The number of benzene rings is 2. The number of fused-ring (bicyclic) bond motifs is 1. The minimum atomic E-state index is -0.653. The Morgan fingerprint density at radius 2 is 1.86 bits per heavy atom. The van der Waals surface area contributed by atoms with Crippen LogP contribution in [0, 0.1) is 0 Å². The van der Waals surface area contributed by atoms with Crippen LogP contribution in [0.25, 0.3) is 0 Å². The van der Waals surface area contributed by atoms with E-state index in [0.29, 0.717) is 12.1 Å². The summed E-state index contributed by atoms with van der Waals surface area (Å²) in [6.45, 7) is 9.28. The number of rotatable bonds is 9. The van der Waals surface area contributed by atoms with E-state index in [0.717, 1.165) is 30.0 Å². The largest absolute Gasteiger partial charge is 0.494 e. The van der Waals surface area contributed by atoms with Gasteiger partial charge in [0.2, 0.25) is 0 Å². The Kier molecular flexibility index (Phi) is 6.40. The third-order valence-corrected chi connectivity index (χ3v) is 5.32. The zero-order valence-corrected chi connectivity index (χ0v) is 16.9. The number of ether oxygens (including phenoxy) is 1. The minimum absolute atomic E-state index is 0.00741. The van der Waals surface area contributed by atoms with Crippen LogP contribution in [0.2, 0.25) is 0 Å².